The third-order valence-corrected chi connectivity index (χ3v) is 2.04. The molecule has 0 aliphatic rings. The second-order valence-electron chi connectivity index (χ2n) is 3.28. The third kappa shape index (κ3) is 3.62. The van der Waals surface area contributed by atoms with Gasteiger partial charge in [0.2, 0.25) is 0 Å². The highest BCUT2D eigenvalue weighted by Gasteiger charge is 1.99. The molecule has 0 bridgehead atoms. The van der Waals surface area contributed by atoms with E-state index in [1.807, 2.05) is 13.0 Å². The lowest BCUT2D eigenvalue weighted by Gasteiger charge is -2.09. The fraction of sp³-hybridized carbons (Fsp3) is 0.500. The minimum Gasteiger partial charge on any atom is -0.397 e. The van der Waals surface area contributed by atoms with Gasteiger partial charge in [-0.25, -0.2) is 0 Å². The molecule has 0 saturated heterocycles. The first-order valence-corrected chi connectivity index (χ1v) is 4.85. The van der Waals surface area contributed by atoms with Gasteiger partial charge in [-0.15, -0.1) is 0 Å². The fourth-order valence-corrected chi connectivity index (χ4v) is 1.14. The molecule has 0 saturated carbocycles. The first-order valence-electron chi connectivity index (χ1n) is 4.85. The molecule has 1 aromatic heterocycles. The predicted molar refractivity (Wildman–Crippen MR) is 58.1 cm³/mol. The van der Waals surface area contributed by atoms with E-state index in [0.717, 1.165) is 25.1 Å². The zero-order chi connectivity index (χ0) is 10.4. The average Bonchev–Trinajstić information content (AvgIpc) is 2.17. The number of nitrogens with two attached hydrogens (primary N) is 1. The van der Waals surface area contributed by atoms with Crippen LogP contribution in [0.4, 0.5) is 11.4 Å². The van der Waals surface area contributed by atoms with E-state index in [4.69, 9.17) is 5.73 Å². The first-order chi connectivity index (χ1) is 6.72. The number of rotatable bonds is 5. The summed E-state index contributed by atoms with van der Waals surface area (Å²) in [7, 11) is 0. The van der Waals surface area contributed by atoms with Gasteiger partial charge in [0.15, 0.2) is 0 Å². The summed E-state index contributed by atoms with van der Waals surface area (Å²) >= 11 is 0. The summed E-state index contributed by atoms with van der Waals surface area (Å²) in [5.41, 5.74) is 7.11. The van der Waals surface area contributed by atoms with Gasteiger partial charge >= 0.3 is 0 Å². The number of aromatic nitrogens is 1. The molecule has 1 heterocycles. The lowest BCUT2D eigenvalue weighted by atomic mass is 10.2. The van der Waals surface area contributed by atoms with Gasteiger partial charge in [-0.3, -0.25) is 4.98 Å². The van der Waals surface area contributed by atoms with Gasteiger partial charge in [-0.2, -0.15) is 0 Å². The Morgan fingerprint density at radius 2 is 2.36 bits per heavy atom. The number of aliphatic hydroxyl groups excluding tert-OH is 1. The molecule has 78 valence electrons. The summed E-state index contributed by atoms with van der Waals surface area (Å²) in [6.07, 6.45) is 4.62. The van der Waals surface area contributed by atoms with Crippen LogP contribution in [-0.4, -0.2) is 22.7 Å². The summed E-state index contributed by atoms with van der Waals surface area (Å²) < 4.78 is 0. The van der Waals surface area contributed by atoms with Gasteiger partial charge in [0, 0.05) is 12.7 Å². The summed E-state index contributed by atoms with van der Waals surface area (Å²) in [5.74, 6) is 0. The van der Waals surface area contributed by atoms with E-state index in [0.29, 0.717) is 5.69 Å². The number of nitrogens with zero attached hydrogens (tertiary/aromatic N) is 1. The highest BCUT2D eigenvalue weighted by Crippen LogP contribution is 2.09. The van der Waals surface area contributed by atoms with Gasteiger partial charge < -0.3 is 16.2 Å². The van der Waals surface area contributed by atoms with Crippen LogP contribution in [0, 0.1) is 0 Å². The van der Waals surface area contributed by atoms with Crippen molar-refractivity contribution in [2.75, 3.05) is 17.6 Å². The molecule has 1 aromatic rings. The molecule has 0 radical (unpaired) electrons. The Hall–Kier alpha value is -1.29. The Labute approximate surface area is 84.2 Å². The largest absolute Gasteiger partial charge is 0.397 e. The lowest BCUT2D eigenvalue weighted by Crippen LogP contribution is -2.12. The normalized spacial score (nSPS) is 12.4. The smallest absolute Gasteiger partial charge is 0.0554 e. The van der Waals surface area contributed by atoms with Crippen LogP contribution in [0.2, 0.25) is 0 Å². The molecule has 1 atom stereocenters. The van der Waals surface area contributed by atoms with Crippen molar-refractivity contribution in [3.8, 4) is 0 Å². The number of aliphatic hydroxyl groups is 1. The second-order valence-corrected chi connectivity index (χ2v) is 3.28. The Morgan fingerprint density at radius 3 is 3.00 bits per heavy atom. The molecule has 0 aliphatic heterocycles. The number of nitrogens with one attached hydrogen (secondary N) is 1. The number of nitrogen functional groups attached to an aromatic ring is 1. The maximum Gasteiger partial charge on any atom is 0.0554 e. The molecule has 14 heavy (non-hydrogen) atoms. The molecule has 1 unspecified atom stereocenters. The predicted octanol–water partition coefficient (Wildman–Crippen LogP) is 1.24. The standard InChI is InChI=1S/C10H17N3O/c1-2-10(14)3-4-13-9-5-8(11)6-12-7-9/h5-7,10,13-14H,2-4,11H2,1H3. The minimum atomic E-state index is -0.225. The van der Waals surface area contributed by atoms with Gasteiger partial charge in [-0.1, -0.05) is 6.92 Å². The molecule has 0 fully saturated rings. The van der Waals surface area contributed by atoms with Gasteiger partial charge in [0.05, 0.1) is 23.7 Å². The molecular weight excluding hydrogens is 178 g/mol. The van der Waals surface area contributed by atoms with E-state index in [9.17, 15) is 5.11 Å². The molecule has 0 amide bonds. The SMILES string of the molecule is CCC(O)CCNc1cncc(N)c1. The molecule has 4 N–H and O–H groups in total. The molecule has 1 rings (SSSR count). The van der Waals surface area contributed by atoms with Crippen molar-refractivity contribution in [1.29, 1.82) is 0 Å². The summed E-state index contributed by atoms with van der Waals surface area (Å²) in [4.78, 5) is 3.95. The van der Waals surface area contributed by atoms with E-state index < -0.39 is 0 Å². The quantitative estimate of drug-likeness (QED) is 0.661. The number of hydrogen-bond donors (Lipinski definition) is 3. The van der Waals surface area contributed by atoms with Crippen molar-refractivity contribution in [2.45, 2.75) is 25.9 Å². The molecule has 4 heteroatoms. The number of hydrogen-bond acceptors (Lipinski definition) is 4. The maximum absolute atomic E-state index is 9.31. The Morgan fingerprint density at radius 1 is 1.57 bits per heavy atom. The van der Waals surface area contributed by atoms with Crippen LogP contribution in [0.1, 0.15) is 19.8 Å². The van der Waals surface area contributed by atoms with E-state index >= 15 is 0 Å². The summed E-state index contributed by atoms with van der Waals surface area (Å²) in [5, 5.41) is 12.5. The topological polar surface area (TPSA) is 71.2 Å². The van der Waals surface area contributed by atoms with Crippen molar-refractivity contribution < 1.29 is 5.11 Å². The Balaban J connectivity index is 2.31. The zero-order valence-corrected chi connectivity index (χ0v) is 8.40. The number of anilines is 2. The van der Waals surface area contributed by atoms with E-state index in [-0.39, 0.29) is 6.10 Å². The Kier molecular flexibility index (Phi) is 4.19. The van der Waals surface area contributed by atoms with Gasteiger partial charge in [0.1, 0.15) is 0 Å². The van der Waals surface area contributed by atoms with Gasteiger partial charge in [-0.05, 0) is 18.9 Å². The molecule has 0 aromatic carbocycles. The van der Waals surface area contributed by atoms with Crippen LogP contribution >= 0.6 is 0 Å². The fourth-order valence-electron chi connectivity index (χ4n) is 1.14. The van der Waals surface area contributed by atoms with Crippen LogP contribution < -0.4 is 11.1 Å². The molecule has 0 aliphatic carbocycles. The van der Waals surface area contributed by atoms with Crippen molar-refractivity contribution in [3.63, 3.8) is 0 Å². The van der Waals surface area contributed by atoms with Crippen LogP contribution in [0.25, 0.3) is 0 Å². The average molecular weight is 195 g/mol. The van der Waals surface area contributed by atoms with Crippen molar-refractivity contribution >= 4 is 11.4 Å². The van der Waals surface area contributed by atoms with E-state index in [1.165, 1.54) is 0 Å². The van der Waals surface area contributed by atoms with Crippen molar-refractivity contribution in [1.82, 2.24) is 4.98 Å². The van der Waals surface area contributed by atoms with Crippen LogP contribution in [0.3, 0.4) is 0 Å². The second kappa shape index (κ2) is 5.44. The molecule has 0 spiro atoms. The lowest BCUT2D eigenvalue weighted by molar-refractivity contribution is 0.164. The van der Waals surface area contributed by atoms with Gasteiger partial charge in [0.25, 0.3) is 0 Å². The van der Waals surface area contributed by atoms with E-state index in [2.05, 4.69) is 10.3 Å². The first kappa shape index (κ1) is 10.8. The highest BCUT2D eigenvalue weighted by molar-refractivity contribution is 5.51. The van der Waals surface area contributed by atoms with Crippen LogP contribution in [0.5, 0.6) is 0 Å². The highest BCUT2D eigenvalue weighted by atomic mass is 16.3. The maximum atomic E-state index is 9.31. The minimum absolute atomic E-state index is 0.225. The third-order valence-electron chi connectivity index (χ3n) is 2.04. The molecule has 4 nitrogen and oxygen atoms in total. The Bertz CT molecular complexity index is 278. The summed E-state index contributed by atoms with van der Waals surface area (Å²) in [6, 6.07) is 1.82. The van der Waals surface area contributed by atoms with E-state index in [1.54, 1.807) is 12.4 Å². The number of pyridine rings is 1. The van der Waals surface area contributed by atoms with Crippen molar-refractivity contribution in [2.24, 2.45) is 0 Å². The van der Waals surface area contributed by atoms with Crippen LogP contribution in [0.15, 0.2) is 18.5 Å². The zero-order valence-electron chi connectivity index (χ0n) is 8.40. The van der Waals surface area contributed by atoms with Crippen molar-refractivity contribution in [3.05, 3.63) is 18.5 Å². The van der Waals surface area contributed by atoms with Crippen LogP contribution in [-0.2, 0) is 0 Å². The monoisotopic (exact) mass is 195 g/mol. The molecular formula is C10H17N3O. The summed E-state index contributed by atoms with van der Waals surface area (Å²) in [6.45, 7) is 2.70.